The van der Waals surface area contributed by atoms with Gasteiger partial charge in [0.1, 0.15) is 11.5 Å². The summed E-state index contributed by atoms with van der Waals surface area (Å²) in [5.41, 5.74) is 2.01. The number of benzene rings is 2. The van der Waals surface area contributed by atoms with Crippen molar-refractivity contribution in [1.82, 2.24) is 0 Å². The molecule has 2 aromatic carbocycles. The van der Waals surface area contributed by atoms with Crippen LogP contribution < -0.4 is 9.47 Å². The van der Waals surface area contributed by atoms with Gasteiger partial charge in [-0.25, -0.2) is 0 Å². The summed E-state index contributed by atoms with van der Waals surface area (Å²) >= 11 is 0. The van der Waals surface area contributed by atoms with E-state index >= 15 is 0 Å². The SMILES string of the molecule is CCCCCCCCCCOc1ccc(C#Cc2ccc(OCCCCCCCCCC)cc2)cc1. The Bertz CT molecular complexity index is 757. The summed E-state index contributed by atoms with van der Waals surface area (Å²) in [4.78, 5) is 0. The Balaban J connectivity index is 1.58. The van der Waals surface area contributed by atoms with Gasteiger partial charge in [0.2, 0.25) is 0 Å². The first-order valence-corrected chi connectivity index (χ1v) is 14.8. The van der Waals surface area contributed by atoms with E-state index in [0.29, 0.717) is 0 Å². The Morgan fingerprint density at radius 3 is 1.06 bits per heavy atom. The summed E-state index contributed by atoms with van der Waals surface area (Å²) in [5, 5.41) is 0. The van der Waals surface area contributed by atoms with E-state index in [1.807, 2.05) is 48.5 Å². The van der Waals surface area contributed by atoms with Crippen LogP contribution >= 0.6 is 0 Å². The van der Waals surface area contributed by atoms with Crippen LogP contribution in [-0.4, -0.2) is 13.2 Å². The lowest BCUT2D eigenvalue weighted by Gasteiger charge is -2.06. The van der Waals surface area contributed by atoms with Crippen LogP contribution in [0.15, 0.2) is 48.5 Å². The minimum absolute atomic E-state index is 0.799. The Labute approximate surface area is 222 Å². The molecule has 0 aromatic heterocycles. The average Bonchev–Trinajstić information content (AvgIpc) is 2.91. The zero-order chi connectivity index (χ0) is 25.5. The number of ether oxygens (including phenoxy) is 2. The maximum absolute atomic E-state index is 5.89. The standard InChI is InChI=1S/C34H50O2/c1-3-5-7-9-11-13-15-17-29-35-33-25-21-31(22-26-33)19-20-32-23-27-34(28-24-32)36-30-18-16-14-12-10-8-6-4-2/h21-28H,3-18,29-30H2,1-2H3. The van der Waals surface area contributed by atoms with E-state index in [9.17, 15) is 0 Å². The molecule has 0 radical (unpaired) electrons. The molecule has 0 fully saturated rings. The van der Waals surface area contributed by atoms with Gasteiger partial charge in [0.25, 0.3) is 0 Å². The van der Waals surface area contributed by atoms with Gasteiger partial charge in [-0.3, -0.25) is 0 Å². The predicted molar refractivity (Wildman–Crippen MR) is 155 cm³/mol. The lowest BCUT2D eigenvalue weighted by Crippen LogP contribution is -1.97. The number of hydrogen-bond acceptors (Lipinski definition) is 2. The summed E-state index contributed by atoms with van der Waals surface area (Å²) in [5.74, 6) is 8.37. The smallest absolute Gasteiger partial charge is 0.119 e. The van der Waals surface area contributed by atoms with E-state index in [4.69, 9.17) is 9.47 Å². The summed E-state index contributed by atoms with van der Waals surface area (Å²) in [6, 6.07) is 16.3. The predicted octanol–water partition coefficient (Wildman–Crippen LogP) is 10.1. The zero-order valence-corrected chi connectivity index (χ0v) is 23.2. The lowest BCUT2D eigenvalue weighted by molar-refractivity contribution is 0.304. The molecule has 0 atom stereocenters. The second-order valence-corrected chi connectivity index (χ2v) is 9.95. The summed E-state index contributed by atoms with van der Waals surface area (Å²) in [6.45, 7) is 6.13. The van der Waals surface area contributed by atoms with Crippen LogP contribution in [-0.2, 0) is 0 Å². The third-order valence-corrected chi connectivity index (χ3v) is 6.59. The highest BCUT2D eigenvalue weighted by Gasteiger charge is 1.97. The molecule has 0 spiro atoms. The fraction of sp³-hybridized carbons (Fsp3) is 0.588. The second kappa shape index (κ2) is 20.8. The molecule has 0 N–H and O–H groups in total. The molecule has 0 aliphatic heterocycles. The Morgan fingerprint density at radius 1 is 0.417 bits per heavy atom. The van der Waals surface area contributed by atoms with Crippen molar-refractivity contribution in [2.24, 2.45) is 0 Å². The van der Waals surface area contributed by atoms with Crippen LogP contribution in [0.4, 0.5) is 0 Å². The first-order valence-electron chi connectivity index (χ1n) is 14.8. The Kier molecular flexibility index (Phi) is 17.2. The van der Waals surface area contributed by atoms with Crippen LogP contribution in [0.5, 0.6) is 11.5 Å². The first-order chi connectivity index (χ1) is 17.8. The van der Waals surface area contributed by atoms with Crippen LogP contribution in [0, 0.1) is 11.8 Å². The molecule has 36 heavy (non-hydrogen) atoms. The van der Waals surface area contributed by atoms with Gasteiger partial charge in [-0.1, -0.05) is 116 Å². The highest BCUT2D eigenvalue weighted by molar-refractivity contribution is 5.45. The highest BCUT2D eigenvalue weighted by atomic mass is 16.5. The molecule has 0 heterocycles. The monoisotopic (exact) mass is 490 g/mol. The van der Waals surface area contributed by atoms with Gasteiger partial charge in [-0.15, -0.1) is 0 Å². The maximum atomic E-state index is 5.89. The van der Waals surface area contributed by atoms with Crippen molar-refractivity contribution in [1.29, 1.82) is 0 Å². The molecule has 2 nitrogen and oxygen atoms in total. The molecule has 0 bridgehead atoms. The Morgan fingerprint density at radius 2 is 0.722 bits per heavy atom. The third-order valence-electron chi connectivity index (χ3n) is 6.59. The number of rotatable bonds is 20. The normalized spacial score (nSPS) is 10.6. The minimum Gasteiger partial charge on any atom is -0.494 e. The lowest BCUT2D eigenvalue weighted by atomic mass is 10.1. The largest absolute Gasteiger partial charge is 0.494 e. The quantitative estimate of drug-likeness (QED) is 0.136. The molecule has 0 amide bonds. The second-order valence-electron chi connectivity index (χ2n) is 9.95. The van der Waals surface area contributed by atoms with Gasteiger partial charge in [-0.2, -0.15) is 0 Å². The third kappa shape index (κ3) is 14.9. The molecule has 0 saturated carbocycles. The van der Waals surface area contributed by atoms with Gasteiger partial charge < -0.3 is 9.47 Å². The topological polar surface area (TPSA) is 18.5 Å². The fourth-order valence-corrected chi connectivity index (χ4v) is 4.27. The van der Waals surface area contributed by atoms with E-state index < -0.39 is 0 Å². The van der Waals surface area contributed by atoms with Crippen molar-refractivity contribution in [2.45, 2.75) is 117 Å². The maximum Gasteiger partial charge on any atom is 0.119 e. The van der Waals surface area contributed by atoms with Crippen molar-refractivity contribution < 1.29 is 9.47 Å². The summed E-state index contributed by atoms with van der Waals surface area (Å²) in [6.07, 6.45) is 21.1. The van der Waals surface area contributed by atoms with Crippen molar-refractivity contribution >= 4 is 0 Å². The van der Waals surface area contributed by atoms with Crippen LogP contribution in [0.1, 0.15) is 128 Å². The summed E-state index contributed by atoms with van der Waals surface area (Å²) in [7, 11) is 0. The molecular formula is C34H50O2. The van der Waals surface area contributed by atoms with Gasteiger partial charge in [0, 0.05) is 11.1 Å². The number of hydrogen-bond donors (Lipinski definition) is 0. The molecule has 198 valence electrons. The highest BCUT2D eigenvalue weighted by Crippen LogP contribution is 2.15. The zero-order valence-electron chi connectivity index (χ0n) is 23.2. The molecular weight excluding hydrogens is 440 g/mol. The van der Waals surface area contributed by atoms with Gasteiger partial charge in [0.05, 0.1) is 13.2 Å². The van der Waals surface area contributed by atoms with E-state index in [2.05, 4.69) is 25.7 Å². The average molecular weight is 491 g/mol. The molecule has 0 unspecified atom stereocenters. The van der Waals surface area contributed by atoms with Gasteiger partial charge in [-0.05, 0) is 61.4 Å². The van der Waals surface area contributed by atoms with E-state index in [0.717, 1.165) is 48.7 Å². The van der Waals surface area contributed by atoms with Crippen molar-refractivity contribution in [3.8, 4) is 23.3 Å². The van der Waals surface area contributed by atoms with Crippen LogP contribution in [0.25, 0.3) is 0 Å². The van der Waals surface area contributed by atoms with Crippen molar-refractivity contribution in [2.75, 3.05) is 13.2 Å². The Hall–Kier alpha value is -2.40. The molecule has 2 aromatic rings. The molecule has 0 saturated heterocycles. The van der Waals surface area contributed by atoms with Gasteiger partial charge in [0.15, 0.2) is 0 Å². The summed E-state index contributed by atoms with van der Waals surface area (Å²) < 4.78 is 11.8. The molecule has 2 rings (SSSR count). The van der Waals surface area contributed by atoms with E-state index in [1.54, 1.807) is 0 Å². The van der Waals surface area contributed by atoms with Gasteiger partial charge >= 0.3 is 0 Å². The minimum atomic E-state index is 0.799. The first kappa shape index (κ1) is 29.8. The van der Waals surface area contributed by atoms with E-state index in [-0.39, 0.29) is 0 Å². The van der Waals surface area contributed by atoms with Crippen LogP contribution in [0.2, 0.25) is 0 Å². The molecule has 0 aliphatic rings. The van der Waals surface area contributed by atoms with Crippen LogP contribution in [0.3, 0.4) is 0 Å². The van der Waals surface area contributed by atoms with Crippen molar-refractivity contribution in [3.05, 3.63) is 59.7 Å². The molecule has 0 aliphatic carbocycles. The van der Waals surface area contributed by atoms with Crippen molar-refractivity contribution in [3.63, 3.8) is 0 Å². The number of unbranched alkanes of at least 4 members (excludes halogenated alkanes) is 14. The fourth-order valence-electron chi connectivity index (χ4n) is 4.27. The van der Waals surface area contributed by atoms with E-state index in [1.165, 1.54) is 89.9 Å². The molecule has 2 heteroatoms.